The lowest BCUT2D eigenvalue weighted by Gasteiger charge is -2.22. The molecule has 1 heterocycles. The second-order valence-corrected chi connectivity index (χ2v) is 5.56. The zero-order chi connectivity index (χ0) is 13.2. The lowest BCUT2D eigenvalue weighted by molar-refractivity contribution is 0.0725. The van der Waals surface area contributed by atoms with Crippen LogP contribution in [0, 0.1) is 5.82 Å². The van der Waals surface area contributed by atoms with Crippen LogP contribution in [0.2, 0.25) is 0 Å². The number of rotatable bonds is 4. The van der Waals surface area contributed by atoms with Gasteiger partial charge in [0.05, 0.1) is 5.56 Å². The SMILES string of the molecule is O=C(c1ccccc1F)N(Cc1ccsc1)C1CC1. The minimum absolute atomic E-state index is 0.171. The van der Waals surface area contributed by atoms with E-state index in [2.05, 4.69) is 0 Å². The molecule has 0 radical (unpaired) electrons. The summed E-state index contributed by atoms with van der Waals surface area (Å²) in [6, 6.07) is 8.48. The van der Waals surface area contributed by atoms with Crippen molar-refractivity contribution < 1.29 is 9.18 Å². The Morgan fingerprint density at radius 1 is 1.32 bits per heavy atom. The first kappa shape index (κ1) is 12.4. The van der Waals surface area contributed by atoms with Crippen LogP contribution >= 0.6 is 11.3 Å². The fourth-order valence-corrected chi connectivity index (χ4v) is 2.78. The van der Waals surface area contributed by atoms with Gasteiger partial charge in [-0.2, -0.15) is 11.3 Å². The van der Waals surface area contributed by atoms with Crippen LogP contribution in [0.3, 0.4) is 0 Å². The molecule has 0 aliphatic heterocycles. The number of carbonyl (C=O) groups is 1. The van der Waals surface area contributed by atoms with Gasteiger partial charge in [0.15, 0.2) is 0 Å². The number of thiophene rings is 1. The number of halogens is 1. The van der Waals surface area contributed by atoms with E-state index in [9.17, 15) is 9.18 Å². The molecule has 3 rings (SSSR count). The smallest absolute Gasteiger partial charge is 0.257 e. The van der Waals surface area contributed by atoms with Gasteiger partial charge in [-0.1, -0.05) is 12.1 Å². The summed E-state index contributed by atoms with van der Waals surface area (Å²) < 4.78 is 13.7. The van der Waals surface area contributed by atoms with Crippen molar-refractivity contribution in [1.82, 2.24) is 4.90 Å². The Morgan fingerprint density at radius 2 is 2.11 bits per heavy atom. The Balaban J connectivity index is 1.84. The van der Waals surface area contributed by atoms with Gasteiger partial charge in [0, 0.05) is 12.6 Å². The van der Waals surface area contributed by atoms with Crippen molar-refractivity contribution >= 4 is 17.2 Å². The number of amides is 1. The highest BCUT2D eigenvalue weighted by Gasteiger charge is 2.33. The Kier molecular flexibility index (Phi) is 3.34. The maximum absolute atomic E-state index is 13.7. The van der Waals surface area contributed by atoms with E-state index >= 15 is 0 Å². The van der Waals surface area contributed by atoms with Crippen LogP contribution in [-0.4, -0.2) is 16.8 Å². The molecule has 98 valence electrons. The lowest BCUT2D eigenvalue weighted by atomic mass is 10.1. The van der Waals surface area contributed by atoms with E-state index in [1.54, 1.807) is 34.4 Å². The van der Waals surface area contributed by atoms with Gasteiger partial charge < -0.3 is 4.90 Å². The second-order valence-electron chi connectivity index (χ2n) is 4.78. The normalized spacial score (nSPS) is 14.4. The van der Waals surface area contributed by atoms with Gasteiger partial charge in [-0.05, 0) is 47.4 Å². The predicted molar refractivity (Wildman–Crippen MR) is 73.6 cm³/mol. The van der Waals surface area contributed by atoms with Crippen molar-refractivity contribution in [2.45, 2.75) is 25.4 Å². The molecule has 1 aromatic heterocycles. The summed E-state index contributed by atoms with van der Waals surface area (Å²) in [5.74, 6) is -0.643. The Hall–Kier alpha value is -1.68. The average molecular weight is 275 g/mol. The largest absolute Gasteiger partial charge is 0.331 e. The maximum atomic E-state index is 13.7. The molecule has 2 nitrogen and oxygen atoms in total. The summed E-state index contributed by atoms with van der Waals surface area (Å²) in [6.07, 6.45) is 2.04. The molecule has 2 aromatic rings. The first-order valence-corrected chi connectivity index (χ1v) is 7.26. The van der Waals surface area contributed by atoms with Crippen LogP contribution < -0.4 is 0 Å². The van der Waals surface area contributed by atoms with E-state index in [1.165, 1.54) is 6.07 Å². The molecule has 0 atom stereocenters. The van der Waals surface area contributed by atoms with Gasteiger partial charge in [-0.25, -0.2) is 4.39 Å². The maximum Gasteiger partial charge on any atom is 0.257 e. The fourth-order valence-electron chi connectivity index (χ4n) is 2.12. The molecule has 1 aliphatic rings. The average Bonchev–Trinajstić information content (AvgIpc) is 3.13. The molecule has 1 aromatic carbocycles. The Labute approximate surface area is 115 Å². The summed E-state index contributed by atoms with van der Waals surface area (Å²) in [5, 5.41) is 4.03. The molecule has 1 saturated carbocycles. The van der Waals surface area contributed by atoms with Crippen LogP contribution in [0.15, 0.2) is 41.1 Å². The third kappa shape index (κ3) is 2.68. The van der Waals surface area contributed by atoms with Crippen LogP contribution in [0.1, 0.15) is 28.8 Å². The minimum atomic E-state index is -0.441. The molecular formula is C15H14FNOS. The van der Waals surface area contributed by atoms with Gasteiger partial charge in [-0.3, -0.25) is 4.79 Å². The van der Waals surface area contributed by atoms with E-state index in [0.29, 0.717) is 6.54 Å². The van der Waals surface area contributed by atoms with Gasteiger partial charge in [0.1, 0.15) is 5.82 Å². The van der Waals surface area contributed by atoms with Crippen molar-refractivity contribution in [3.05, 3.63) is 58.0 Å². The fraction of sp³-hybridized carbons (Fsp3) is 0.267. The first-order chi connectivity index (χ1) is 9.25. The lowest BCUT2D eigenvalue weighted by Crippen LogP contribution is -2.33. The summed E-state index contributed by atoms with van der Waals surface area (Å²) in [7, 11) is 0. The van der Waals surface area contributed by atoms with Gasteiger partial charge in [0.2, 0.25) is 0 Å². The summed E-state index contributed by atoms with van der Waals surface area (Å²) in [4.78, 5) is 14.3. The molecule has 1 amide bonds. The zero-order valence-corrected chi connectivity index (χ0v) is 11.2. The number of carbonyl (C=O) groups excluding carboxylic acids is 1. The number of hydrogen-bond donors (Lipinski definition) is 0. The molecule has 0 bridgehead atoms. The number of nitrogens with zero attached hydrogens (tertiary/aromatic N) is 1. The molecule has 19 heavy (non-hydrogen) atoms. The number of hydrogen-bond acceptors (Lipinski definition) is 2. The van der Waals surface area contributed by atoms with Crippen LogP contribution in [-0.2, 0) is 6.54 Å². The topological polar surface area (TPSA) is 20.3 Å². The Morgan fingerprint density at radius 3 is 2.74 bits per heavy atom. The zero-order valence-electron chi connectivity index (χ0n) is 10.4. The van der Waals surface area contributed by atoms with Crippen molar-refractivity contribution in [3.8, 4) is 0 Å². The third-order valence-corrected chi connectivity index (χ3v) is 4.02. The molecular weight excluding hydrogens is 261 g/mol. The minimum Gasteiger partial charge on any atom is -0.331 e. The van der Waals surface area contributed by atoms with Gasteiger partial charge >= 0.3 is 0 Å². The molecule has 0 unspecified atom stereocenters. The Bertz CT molecular complexity index is 578. The molecule has 1 aliphatic carbocycles. The van der Waals surface area contributed by atoms with Crippen molar-refractivity contribution in [1.29, 1.82) is 0 Å². The number of benzene rings is 1. The standard InChI is InChI=1S/C15H14FNOS/c16-14-4-2-1-3-13(14)15(18)17(12-5-6-12)9-11-7-8-19-10-11/h1-4,7-8,10,12H,5-6,9H2. The van der Waals surface area contributed by atoms with Crippen LogP contribution in [0.5, 0.6) is 0 Å². The van der Waals surface area contributed by atoms with Gasteiger partial charge in [0.25, 0.3) is 5.91 Å². The summed E-state index contributed by atoms with van der Waals surface area (Å²) in [6.45, 7) is 0.571. The van der Waals surface area contributed by atoms with Gasteiger partial charge in [-0.15, -0.1) is 0 Å². The molecule has 0 N–H and O–H groups in total. The van der Waals surface area contributed by atoms with Crippen molar-refractivity contribution in [3.63, 3.8) is 0 Å². The highest BCUT2D eigenvalue weighted by atomic mass is 32.1. The molecule has 0 saturated heterocycles. The van der Waals surface area contributed by atoms with E-state index in [0.717, 1.165) is 18.4 Å². The van der Waals surface area contributed by atoms with Crippen LogP contribution in [0.25, 0.3) is 0 Å². The summed E-state index contributed by atoms with van der Waals surface area (Å²) >= 11 is 1.61. The van der Waals surface area contributed by atoms with Crippen LogP contribution in [0.4, 0.5) is 4.39 Å². The van der Waals surface area contributed by atoms with Crippen molar-refractivity contribution in [2.75, 3.05) is 0 Å². The second kappa shape index (κ2) is 5.13. The highest BCUT2D eigenvalue weighted by molar-refractivity contribution is 7.07. The monoisotopic (exact) mass is 275 g/mol. The molecule has 0 spiro atoms. The quantitative estimate of drug-likeness (QED) is 0.833. The predicted octanol–water partition coefficient (Wildman–Crippen LogP) is 3.69. The first-order valence-electron chi connectivity index (χ1n) is 6.32. The van der Waals surface area contributed by atoms with E-state index in [-0.39, 0.29) is 17.5 Å². The summed E-state index contributed by atoms with van der Waals surface area (Å²) in [5.41, 5.74) is 1.28. The van der Waals surface area contributed by atoms with E-state index < -0.39 is 5.82 Å². The highest BCUT2D eigenvalue weighted by Crippen LogP contribution is 2.30. The van der Waals surface area contributed by atoms with Crippen molar-refractivity contribution in [2.24, 2.45) is 0 Å². The molecule has 1 fully saturated rings. The molecule has 4 heteroatoms. The third-order valence-electron chi connectivity index (χ3n) is 3.29. The van der Waals surface area contributed by atoms with E-state index in [4.69, 9.17) is 0 Å². The van der Waals surface area contributed by atoms with E-state index in [1.807, 2.05) is 16.8 Å².